The summed E-state index contributed by atoms with van der Waals surface area (Å²) >= 11 is 5.64. The lowest BCUT2D eigenvalue weighted by molar-refractivity contribution is -0.137. The van der Waals surface area contributed by atoms with Crippen LogP contribution in [-0.4, -0.2) is 12.6 Å². The van der Waals surface area contributed by atoms with Gasteiger partial charge in [0.25, 0.3) is 0 Å². The predicted octanol–water partition coefficient (Wildman–Crippen LogP) is 3.63. The topological polar surface area (TPSA) is 26.3 Å². The van der Waals surface area contributed by atoms with E-state index < -0.39 is 0 Å². The minimum Gasteiger partial charge on any atom is -0.463 e. The van der Waals surface area contributed by atoms with E-state index in [1.807, 2.05) is 18.2 Å². The van der Waals surface area contributed by atoms with Crippen LogP contribution in [-0.2, 0) is 9.53 Å². The summed E-state index contributed by atoms with van der Waals surface area (Å²) in [6, 6.07) is 5.93. The van der Waals surface area contributed by atoms with Crippen molar-refractivity contribution in [2.75, 3.05) is 6.61 Å². The number of benzene rings is 1. The Hall–Kier alpha value is -0.360. The molecule has 0 saturated carbocycles. The van der Waals surface area contributed by atoms with Gasteiger partial charge in [-0.2, -0.15) is 0 Å². The van der Waals surface area contributed by atoms with Crippen LogP contribution in [0.5, 0.6) is 0 Å². The molecule has 0 aromatic heterocycles. The monoisotopic (exact) mass is 380 g/mol. The highest BCUT2D eigenvalue weighted by Crippen LogP contribution is 2.20. The first-order valence-corrected chi connectivity index (χ1v) is 6.30. The van der Waals surface area contributed by atoms with E-state index in [9.17, 15) is 4.79 Å². The Morgan fingerprint density at radius 2 is 2.33 bits per heavy atom. The van der Waals surface area contributed by atoms with Crippen molar-refractivity contribution >= 4 is 50.6 Å². The maximum absolute atomic E-state index is 11.1. The molecule has 0 aliphatic heterocycles. The molecule has 1 rings (SSSR count). The van der Waals surface area contributed by atoms with Crippen molar-refractivity contribution in [3.05, 3.63) is 37.9 Å². The van der Waals surface area contributed by atoms with Gasteiger partial charge in [-0.1, -0.05) is 15.9 Å². The van der Waals surface area contributed by atoms with Crippen molar-refractivity contribution in [3.8, 4) is 0 Å². The molecule has 1 aromatic carbocycles. The summed E-state index contributed by atoms with van der Waals surface area (Å²) in [6.45, 7) is 2.18. The molecule has 0 atom stereocenters. The molecule has 1 aromatic rings. The molecule has 0 radical (unpaired) electrons. The van der Waals surface area contributed by atoms with Gasteiger partial charge < -0.3 is 4.74 Å². The number of rotatable bonds is 3. The lowest BCUT2D eigenvalue weighted by Crippen LogP contribution is -1.98. The third kappa shape index (κ3) is 4.34. The van der Waals surface area contributed by atoms with E-state index in [1.54, 1.807) is 13.0 Å². The van der Waals surface area contributed by atoms with E-state index in [-0.39, 0.29) is 5.97 Å². The van der Waals surface area contributed by atoms with Crippen LogP contribution >= 0.6 is 38.5 Å². The fourth-order valence-corrected chi connectivity index (χ4v) is 1.88. The zero-order valence-electron chi connectivity index (χ0n) is 8.17. The predicted molar refractivity (Wildman–Crippen MR) is 72.5 cm³/mol. The van der Waals surface area contributed by atoms with Gasteiger partial charge in [0.1, 0.15) is 0 Å². The van der Waals surface area contributed by atoms with Crippen molar-refractivity contribution < 1.29 is 9.53 Å². The molecule has 0 bridgehead atoms. The summed E-state index contributed by atoms with van der Waals surface area (Å²) < 4.78 is 6.88. The van der Waals surface area contributed by atoms with Crippen LogP contribution in [0.2, 0.25) is 0 Å². The fraction of sp³-hybridized carbons (Fsp3) is 0.182. The first-order chi connectivity index (χ1) is 7.13. The summed E-state index contributed by atoms with van der Waals surface area (Å²) in [5.41, 5.74) is 0.968. The minimum atomic E-state index is -0.316. The molecule has 0 N–H and O–H groups in total. The van der Waals surface area contributed by atoms with Crippen LogP contribution in [0.4, 0.5) is 0 Å². The molecule has 0 unspecified atom stereocenters. The Morgan fingerprint density at radius 3 is 3.00 bits per heavy atom. The van der Waals surface area contributed by atoms with E-state index in [0.29, 0.717) is 6.61 Å². The molecule has 4 heteroatoms. The summed E-state index contributed by atoms with van der Waals surface area (Å²) in [5.74, 6) is -0.316. The Kier molecular flexibility index (Phi) is 5.31. The van der Waals surface area contributed by atoms with Crippen molar-refractivity contribution in [2.24, 2.45) is 0 Å². The van der Waals surface area contributed by atoms with E-state index in [0.717, 1.165) is 13.6 Å². The zero-order chi connectivity index (χ0) is 11.3. The normalized spacial score (nSPS) is 10.6. The number of hydrogen-bond acceptors (Lipinski definition) is 2. The molecule has 0 amide bonds. The average molecular weight is 381 g/mol. The third-order valence-electron chi connectivity index (χ3n) is 1.64. The van der Waals surface area contributed by atoms with E-state index >= 15 is 0 Å². The van der Waals surface area contributed by atoms with Gasteiger partial charge in [0, 0.05) is 14.1 Å². The standard InChI is InChI=1S/C11H10BrIO2/c1-2-15-11(14)6-3-8-7-9(13)4-5-10(8)12/h3-7H,2H2,1H3/b6-3+. The van der Waals surface area contributed by atoms with Gasteiger partial charge in [-0.3, -0.25) is 0 Å². The quantitative estimate of drug-likeness (QED) is 0.454. The van der Waals surface area contributed by atoms with Crippen LogP contribution in [0, 0.1) is 3.57 Å². The fourth-order valence-electron chi connectivity index (χ4n) is 0.991. The maximum atomic E-state index is 11.1. The molecule has 0 heterocycles. The molecule has 0 spiro atoms. The first-order valence-electron chi connectivity index (χ1n) is 4.43. The van der Waals surface area contributed by atoms with E-state index in [1.165, 1.54) is 6.08 Å². The van der Waals surface area contributed by atoms with Gasteiger partial charge in [0.2, 0.25) is 0 Å². The summed E-state index contributed by atoms with van der Waals surface area (Å²) in [6.07, 6.45) is 3.17. The molecule has 0 aliphatic rings. The Labute approximate surface area is 111 Å². The van der Waals surface area contributed by atoms with E-state index in [4.69, 9.17) is 4.74 Å². The second-order valence-electron chi connectivity index (χ2n) is 2.75. The molecular formula is C11H10BrIO2. The number of ether oxygens (including phenoxy) is 1. The maximum Gasteiger partial charge on any atom is 0.330 e. The molecule has 0 aliphatic carbocycles. The molecule has 0 saturated heterocycles. The van der Waals surface area contributed by atoms with Crippen molar-refractivity contribution in [3.63, 3.8) is 0 Å². The van der Waals surface area contributed by atoms with Crippen LogP contribution in [0.3, 0.4) is 0 Å². The minimum absolute atomic E-state index is 0.316. The van der Waals surface area contributed by atoms with Crippen molar-refractivity contribution in [2.45, 2.75) is 6.92 Å². The highest BCUT2D eigenvalue weighted by atomic mass is 127. The molecule has 0 fully saturated rings. The number of carbonyl (C=O) groups excluding carboxylic acids is 1. The second kappa shape index (κ2) is 6.27. The van der Waals surface area contributed by atoms with Gasteiger partial charge in [0.15, 0.2) is 0 Å². The lowest BCUT2D eigenvalue weighted by Gasteiger charge is -1.99. The summed E-state index contributed by atoms with van der Waals surface area (Å²) in [4.78, 5) is 11.1. The third-order valence-corrected chi connectivity index (χ3v) is 3.04. The lowest BCUT2D eigenvalue weighted by atomic mass is 10.2. The average Bonchev–Trinajstić information content (AvgIpc) is 2.20. The molecule has 2 nitrogen and oxygen atoms in total. The van der Waals surface area contributed by atoms with Crippen LogP contribution in [0.25, 0.3) is 6.08 Å². The summed E-state index contributed by atoms with van der Waals surface area (Å²) in [5, 5.41) is 0. The zero-order valence-corrected chi connectivity index (χ0v) is 11.9. The molecule has 80 valence electrons. The Morgan fingerprint density at radius 1 is 1.60 bits per heavy atom. The SMILES string of the molecule is CCOC(=O)/C=C/c1cc(I)ccc1Br. The first kappa shape index (κ1) is 12.7. The second-order valence-corrected chi connectivity index (χ2v) is 4.85. The number of carbonyl (C=O) groups is 1. The van der Waals surface area contributed by atoms with Gasteiger partial charge >= 0.3 is 5.97 Å². The van der Waals surface area contributed by atoms with Crippen LogP contribution < -0.4 is 0 Å². The smallest absolute Gasteiger partial charge is 0.330 e. The van der Waals surface area contributed by atoms with Gasteiger partial charge in [0.05, 0.1) is 6.61 Å². The van der Waals surface area contributed by atoms with Gasteiger partial charge in [-0.05, 0) is 59.4 Å². The Bertz CT molecular complexity index is 388. The molecule has 15 heavy (non-hydrogen) atoms. The van der Waals surface area contributed by atoms with Gasteiger partial charge in [-0.25, -0.2) is 4.79 Å². The molecular weight excluding hydrogens is 371 g/mol. The van der Waals surface area contributed by atoms with Gasteiger partial charge in [-0.15, -0.1) is 0 Å². The number of halogens is 2. The number of hydrogen-bond donors (Lipinski definition) is 0. The van der Waals surface area contributed by atoms with Crippen molar-refractivity contribution in [1.29, 1.82) is 0 Å². The van der Waals surface area contributed by atoms with Crippen LogP contribution in [0.15, 0.2) is 28.7 Å². The Balaban J connectivity index is 2.79. The number of esters is 1. The largest absolute Gasteiger partial charge is 0.463 e. The van der Waals surface area contributed by atoms with E-state index in [2.05, 4.69) is 38.5 Å². The highest BCUT2D eigenvalue weighted by molar-refractivity contribution is 14.1. The summed E-state index contributed by atoms with van der Waals surface area (Å²) in [7, 11) is 0. The van der Waals surface area contributed by atoms with Crippen molar-refractivity contribution in [1.82, 2.24) is 0 Å². The highest BCUT2D eigenvalue weighted by Gasteiger charge is 1.98. The van der Waals surface area contributed by atoms with Crippen LogP contribution in [0.1, 0.15) is 12.5 Å².